The van der Waals surface area contributed by atoms with Crippen LogP contribution in [-0.4, -0.2) is 39.1 Å². The first-order valence-corrected chi connectivity index (χ1v) is 11.2. The molecular formula is C25H29N5O3. The number of hydrogen-bond donors (Lipinski definition) is 3. The molecule has 0 spiro atoms. The van der Waals surface area contributed by atoms with Gasteiger partial charge in [0.25, 0.3) is 0 Å². The maximum Gasteiger partial charge on any atom is 0.404 e. The van der Waals surface area contributed by atoms with Gasteiger partial charge in [0.15, 0.2) is 0 Å². The van der Waals surface area contributed by atoms with Crippen molar-refractivity contribution in [3.05, 3.63) is 72.6 Å². The van der Waals surface area contributed by atoms with Crippen LogP contribution in [0, 0.1) is 0 Å². The lowest BCUT2D eigenvalue weighted by atomic mass is 9.90. The first-order valence-electron chi connectivity index (χ1n) is 11.2. The van der Waals surface area contributed by atoms with Crippen molar-refractivity contribution in [2.24, 2.45) is 7.05 Å². The van der Waals surface area contributed by atoms with Crippen LogP contribution < -0.4 is 15.5 Å². The van der Waals surface area contributed by atoms with E-state index in [0.29, 0.717) is 19.4 Å². The standard InChI is InChI=1S/C25H29N5O3/c1-29-17-20(16-27-29)19-7-11-22(12-8-19)30(23-13-9-21(10-14-23)28-25(32)33)24(31)26-15-18-5-3-2-4-6-18/h2-8,11-12,16-17,21,23,28H,9-10,13-15H2,1H3,(H,26,31)(H,32,33)/t21-,23-. The number of amides is 3. The van der Waals surface area contributed by atoms with Crippen molar-refractivity contribution >= 4 is 17.8 Å². The second kappa shape index (κ2) is 10.2. The number of urea groups is 1. The fraction of sp³-hybridized carbons (Fsp3) is 0.320. The summed E-state index contributed by atoms with van der Waals surface area (Å²) in [6.45, 7) is 0.444. The lowest BCUT2D eigenvalue weighted by Crippen LogP contribution is -2.49. The fourth-order valence-corrected chi connectivity index (χ4v) is 4.39. The summed E-state index contributed by atoms with van der Waals surface area (Å²) in [5.74, 6) is 0. The van der Waals surface area contributed by atoms with Crippen LogP contribution in [0.1, 0.15) is 31.2 Å². The average molecular weight is 448 g/mol. The minimum absolute atomic E-state index is 0.00291. The molecule has 1 heterocycles. The number of aryl methyl sites for hydroxylation is 1. The molecule has 3 aromatic rings. The Morgan fingerprint density at radius 3 is 2.33 bits per heavy atom. The van der Waals surface area contributed by atoms with Gasteiger partial charge < -0.3 is 15.7 Å². The molecule has 1 aliphatic carbocycles. The maximum absolute atomic E-state index is 13.3. The lowest BCUT2D eigenvalue weighted by molar-refractivity contribution is 0.184. The van der Waals surface area contributed by atoms with Gasteiger partial charge in [-0.2, -0.15) is 5.10 Å². The van der Waals surface area contributed by atoms with Gasteiger partial charge >= 0.3 is 12.1 Å². The Bertz CT molecular complexity index is 1070. The molecule has 0 saturated heterocycles. The number of benzene rings is 2. The van der Waals surface area contributed by atoms with Gasteiger partial charge in [-0.15, -0.1) is 0 Å². The quantitative estimate of drug-likeness (QED) is 0.522. The summed E-state index contributed by atoms with van der Waals surface area (Å²) < 4.78 is 1.76. The minimum atomic E-state index is -0.998. The van der Waals surface area contributed by atoms with Crippen LogP contribution >= 0.6 is 0 Å². The van der Waals surface area contributed by atoms with Crippen molar-refractivity contribution in [2.45, 2.75) is 44.3 Å². The molecule has 3 amide bonds. The maximum atomic E-state index is 13.3. The molecule has 0 radical (unpaired) electrons. The van der Waals surface area contributed by atoms with Crippen molar-refractivity contribution in [1.82, 2.24) is 20.4 Å². The molecule has 8 heteroatoms. The van der Waals surface area contributed by atoms with Gasteiger partial charge in [0, 0.05) is 43.1 Å². The number of carboxylic acid groups (broad SMARTS) is 1. The number of rotatable bonds is 6. The molecule has 4 rings (SSSR count). The van der Waals surface area contributed by atoms with Gasteiger partial charge in [-0.25, -0.2) is 9.59 Å². The minimum Gasteiger partial charge on any atom is -0.465 e. The van der Waals surface area contributed by atoms with Crippen LogP contribution in [0.25, 0.3) is 11.1 Å². The molecule has 0 aliphatic heterocycles. The molecule has 8 nitrogen and oxygen atoms in total. The normalized spacial score (nSPS) is 17.8. The highest BCUT2D eigenvalue weighted by atomic mass is 16.4. The molecule has 1 aliphatic rings. The van der Waals surface area contributed by atoms with E-state index in [1.165, 1.54) is 0 Å². The molecule has 1 aromatic heterocycles. The third-order valence-electron chi connectivity index (χ3n) is 6.08. The largest absolute Gasteiger partial charge is 0.465 e. The van der Waals surface area contributed by atoms with Gasteiger partial charge in [0.1, 0.15) is 0 Å². The van der Waals surface area contributed by atoms with Crippen LogP contribution in [0.3, 0.4) is 0 Å². The van der Waals surface area contributed by atoms with E-state index in [4.69, 9.17) is 5.11 Å². The Kier molecular flexibility index (Phi) is 6.92. The number of carbonyl (C=O) groups is 2. The van der Waals surface area contributed by atoms with Crippen LogP contribution in [0.15, 0.2) is 67.0 Å². The van der Waals surface area contributed by atoms with Gasteiger partial charge in [-0.3, -0.25) is 9.58 Å². The molecular weight excluding hydrogens is 418 g/mol. The van der Waals surface area contributed by atoms with Crippen molar-refractivity contribution in [2.75, 3.05) is 4.90 Å². The molecule has 1 fully saturated rings. The van der Waals surface area contributed by atoms with E-state index in [1.54, 1.807) is 4.68 Å². The molecule has 2 aromatic carbocycles. The predicted molar refractivity (Wildman–Crippen MR) is 127 cm³/mol. The molecule has 0 unspecified atom stereocenters. The monoisotopic (exact) mass is 447 g/mol. The number of aromatic nitrogens is 2. The van der Waals surface area contributed by atoms with Crippen molar-refractivity contribution < 1.29 is 14.7 Å². The highest BCUT2D eigenvalue weighted by Crippen LogP contribution is 2.30. The molecule has 0 atom stereocenters. The Morgan fingerprint density at radius 2 is 1.73 bits per heavy atom. The van der Waals surface area contributed by atoms with E-state index in [1.807, 2.05) is 78.9 Å². The van der Waals surface area contributed by atoms with E-state index < -0.39 is 6.09 Å². The molecule has 1 saturated carbocycles. The van der Waals surface area contributed by atoms with Gasteiger partial charge in [-0.05, 0) is 48.9 Å². The van der Waals surface area contributed by atoms with E-state index in [-0.39, 0.29) is 18.1 Å². The Hall–Kier alpha value is -3.81. The zero-order chi connectivity index (χ0) is 23.2. The van der Waals surface area contributed by atoms with E-state index in [2.05, 4.69) is 15.7 Å². The number of nitrogens with zero attached hydrogens (tertiary/aromatic N) is 3. The highest BCUT2D eigenvalue weighted by Gasteiger charge is 2.30. The summed E-state index contributed by atoms with van der Waals surface area (Å²) in [5, 5.41) is 18.9. The van der Waals surface area contributed by atoms with Gasteiger partial charge in [-0.1, -0.05) is 42.5 Å². The van der Waals surface area contributed by atoms with E-state index in [9.17, 15) is 9.59 Å². The summed E-state index contributed by atoms with van der Waals surface area (Å²) in [7, 11) is 1.88. The second-order valence-corrected chi connectivity index (χ2v) is 8.42. The van der Waals surface area contributed by atoms with Crippen molar-refractivity contribution in [3.8, 4) is 11.1 Å². The third kappa shape index (κ3) is 5.71. The van der Waals surface area contributed by atoms with Crippen molar-refractivity contribution in [1.29, 1.82) is 0 Å². The van der Waals surface area contributed by atoms with E-state index in [0.717, 1.165) is 35.2 Å². The first-order chi connectivity index (χ1) is 16.0. The van der Waals surface area contributed by atoms with Crippen LogP contribution in [0.5, 0.6) is 0 Å². The Balaban J connectivity index is 1.52. The molecule has 3 N–H and O–H groups in total. The number of hydrogen-bond acceptors (Lipinski definition) is 3. The smallest absolute Gasteiger partial charge is 0.404 e. The summed E-state index contributed by atoms with van der Waals surface area (Å²) in [4.78, 5) is 26.1. The zero-order valence-corrected chi connectivity index (χ0v) is 18.6. The summed E-state index contributed by atoms with van der Waals surface area (Å²) >= 11 is 0. The Labute approximate surface area is 193 Å². The highest BCUT2D eigenvalue weighted by molar-refractivity contribution is 5.93. The average Bonchev–Trinajstić information content (AvgIpc) is 3.26. The lowest BCUT2D eigenvalue weighted by Gasteiger charge is -2.37. The summed E-state index contributed by atoms with van der Waals surface area (Å²) in [6, 6.07) is 17.5. The fourth-order valence-electron chi connectivity index (χ4n) is 4.39. The van der Waals surface area contributed by atoms with Gasteiger partial charge in [0.2, 0.25) is 0 Å². The Morgan fingerprint density at radius 1 is 1.03 bits per heavy atom. The summed E-state index contributed by atoms with van der Waals surface area (Å²) in [5.41, 5.74) is 3.91. The van der Waals surface area contributed by atoms with Gasteiger partial charge in [0.05, 0.1) is 6.20 Å². The van der Waals surface area contributed by atoms with Crippen LogP contribution in [0.2, 0.25) is 0 Å². The van der Waals surface area contributed by atoms with Crippen LogP contribution in [0.4, 0.5) is 15.3 Å². The zero-order valence-electron chi connectivity index (χ0n) is 18.6. The first kappa shape index (κ1) is 22.4. The van der Waals surface area contributed by atoms with Crippen LogP contribution in [-0.2, 0) is 13.6 Å². The van der Waals surface area contributed by atoms with Crippen molar-refractivity contribution in [3.63, 3.8) is 0 Å². The second-order valence-electron chi connectivity index (χ2n) is 8.42. The molecule has 172 valence electrons. The number of carbonyl (C=O) groups excluding carboxylic acids is 1. The summed E-state index contributed by atoms with van der Waals surface area (Å²) in [6.07, 6.45) is 5.64. The predicted octanol–water partition coefficient (Wildman–Crippen LogP) is 4.38. The topological polar surface area (TPSA) is 99.5 Å². The van der Waals surface area contributed by atoms with E-state index >= 15 is 0 Å². The molecule has 0 bridgehead atoms. The SMILES string of the molecule is Cn1cc(-c2ccc(N(C(=O)NCc3ccccc3)[C@H]3CC[C@H](NC(=O)O)CC3)cc2)cn1. The number of nitrogens with one attached hydrogen (secondary N) is 2. The molecule has 33 heavy (non-hydrogen) atoms. The third-order valence-corrected chi connectivity index (χ3v) is 6.08. The number of anilines is 1.